The summed E-state index contributed by atoms with van der Waals surface area (Å²) < 4.78 is 0. The van der Waals surface area contributed by atoms with Crippen molar-refractivity contribution in [3.63, 3.8) is 0 Å². The third-order valence-electron chi connectivity index (χ3n) is 2.40. The molecule has 0 spiro atoms. The van der Waals surface area contributed by atoms with Gasteiger partial charge in [0.05, 0.1) is 0 Å². The molecule has 0 heterocycles. The van der Waals surface area contributed by atoms with E-state index in [1.807, 2.05) is 0 Å². The van der Waals surface area contributed by atoms with Crippen molar-refractivity contribution in [3.05, 3.63) is 0 Å². The molecular formula is C11H22O2. The molecule has 0 rings (SSSR count). The Hall–Kier alpha value is -0.530. The Kier molecular flexibility index (Phi) is 7.76. The summed E-state index contributed by atoms with van der Waals surface area (Å²) in [6.07, 6.45) is 7.23. The molecule has 1 N–H and O–H groups in total. The fraction of sp³-hybridized carbons (Fsp3) is 0.909. The van der Waals surface area contributed by atoms with Crippen molar-refractivity contribution < 1.29 is 9.90 Å². The van der Waals surface area contributed by atoms with Crippen molar-refractivity contribution in [2.75, 3.05) is 0 Å². The molecule has 2 nitrogen and oxygen atoms in total. The maximum absolute atomic E-state index is 10.3. The van der Waals surface area contributed by atoms with Crippen LogP contribution in [0.3, 0.4) is 0 Å². The zero-order valence-corrected chi connectivity index (χ0v) is 8.88. The highest BCUT2D eigenvalue weighted by Crippen LogP contribution is 2.19. The van der Waals surface area contributed by atoms with Gasteiger partial charge in [-0.1, -0.05) is 39.5 Å². The van der Waals surface area contributed by atoms with Gasteiger partial charge in [0.2, 0.25) is 0 Å². The number of hydrogen-bond donors (Lipinski definition) is 1. The molecule has 13 heavy (non-hydrogen) atoms. The summed E-state index contributed by atoms with van der Waals surface area (Å²) in [5.41, 5.74) is 0. The van der Waals surface area contributed by atoms with Crippen molar-refractivity contribution >= 4 is 5.97 Å². The Balaban J connectivity index is 3.49. The second-order valence-electron chi connectivity index (χ2n) is 3.73. The minimum Gasteiger partial charge on any atom is -0.481 e. The molecule has 0 saturated carbocycles. The van der Waals surface area contributed by atoms with Crippen LogP contribution in [-0.4, -0.2) is 11.1 Å². The summed E-state index contributed by atoms with van der Waals surface area (Å²) in [6, 6.07) is 0. The molecule has 0 fully saturated rings. The van der Waals surface area contributed by atoms with E-state index in [1.54, 1.807) is 0 Å². The lowest BCUT2D eigenvalue weighted by atomic mass is 9.93. The SMILES string of the molecule is CCCC(CCC)CCCC(=O)O. The van der Waals surface area contributed by atoms with Gasteiger partial charge in [-0.05, 0) is 18.8 Å². The van der Waals surface area contributed by atoms with E-state index in [2.05, 4.69) is 13.8 Å². The Labute approximate surface area is 81.3 Å². The van der Waals surface area contributed by atoms with E-state index in [-0.39, 0.29) is 0 Å². The highest BCUT2D eigenvalue weighted by atomic mass is 16.4. The van der Waals surface area contributed by atoms with Crippen LogP contribution in [0.15, 0.2) is 0 Å². The number of carboxylic acids is 1. The molecule has 0 radical (unpaired) electrons. The van der Waals surface area contributed by atoms with Crippen LogP contribution in [0.4, 0.5) is 0 Å². The van der Waals surface area contributed by atoms with Crippen LogP contribution < -0.4 is 0 Å². The smallest absolute Gasteiger partial charge is 0.303 e. The fourth-order valence-electron chi connectivity index (χ4n) is 1.79. The summed E-state index contributed by atoms with van der Waals surface area (Å²) in [6.45, 7) is 4.39. The van der Waals surface area contributed by atoms with Gasteiger partial charge in [-0.15, -0.1) is 0 Å². The molecule has 0 aliphatic heterocycles. The highest BCUT2D eigenvalue weighted by molar-refractivity contribution is 5.66. The topological polar surface area (TPSA) is 37.3 Å². The summed E-state index contributed by atoms with van der Waals surface area (Å²) in [4.78, 5) is 10.3. The second-order valence-corrected chi connectivity index (χ2v) is 3.73. The normalized spacial score (nSPS) is 10.7. The van der Waals surface area contributed by atoms with Crippen molar-refractivity contribution in [3.8, 4) is 0 Å². The van der Waals surface area contributed by atoms with E-state index in [0.717, 1.165) is 18.8 Å². The molecule has 0 amide bonds. The van der Waals surface area contributed by atoms with Crippen LogP contribution >= 0.6 is 0 Å². The van der Waals surface area contributed by atoms with Gasteiger partial charge in [-0.25, -0.2) is 0 Å². The average Bonchev–Trinajstić information content (AvgIpc) is 2.04. The molecule has 0 aliphatic carbocycles. The predicted molar refractivity (Wildman–Crippen MR) is 54.8 cm³/mol. The first-order valence-electron chi connectivity index (χ1n) is 5.42. The third kappa shape index (κ3) is 7.82. The van der Waals surface area contributed by atoms with Gasteiger partial charge in [-0.2, -0.15) is 0 Å². The van der Waals surface area contributed by atoms with E-state index >= 15 is 0 Å². The number of carbonyl (C=O) groups is 1. The molecular weight excluding hydrogens is 164 g/mol. The van der Waals surface area contributed by atoms with E-state index in [4.69, 9.17) is 5.11 Å². The standard InChI is InChI=1S/C11H22O2/c1-3-6-10(7-4-2)8-5-9-11(12)13/h10H,3-9H2,1-2H3,(H,12,13). The van der Waals surface area contributed by atoms with Crippen LogP contribution in [0.1, 0.15) is 58.8 Å². The second kappa shape index (κ2) is 8.09. The zero-order valence-electron chi connectivity index (χ0n) is 8.88. The van der Waals surface area contributed by atoms with Crippen LogP contribution in [-0.2, 0) is 4.79 Å². The Morgan fingerprint density at radius 2 is 1.69 bits per heavy atom. The molecule has 0 aliphatic rings. The lowest BCUT2D eigenvalue weighted by Gasteiger charge is -2.13. The van der Waals surface area contributed by atoms with E-state index < -0.39 is 5.97 Å². The lowest BCUT2D eigenvalue weighted by Crippen LogP contribution is -2.02. The van der Waals surface area contributed by atoms with Gasteiger partial charge in [0, 0.05) is 6.42 Å². The zero-order chi connectivity index (χ0) is 10.1. The first-order chi connectivity index (χ1) is 6.20. The van der Waals surface area contributed by atoms with Gasteiger partial charge >= 0.3 is 5.97 Å². The fourth-order valence-corrected chi connectivity index (χ4v) is 1.79. The van der Waals surface area contributed by atoms with E-state index in [1.165, 1.54) is 25.7 Å². The van der Waals surface area contributed by atoms with Gasteiger partial charge < -0.3 is 5.11 Å². The van der Waals surface area contributed by atoms with E-state index in [0.29, 0.717) is 6.42 Å². The maximum Gasteiger partial charge on any atom is 0.303 e. The average molecular weight is 186 g/mol. The molecule has 0 aromatic carbocycles. The van der Waals surface area contributed by atoms with Gasteiger partial charge in [0.1, 0.15) is 0 Å². The highest BCUT2D eigenvalue weighted by Gasteiger charge is 2.07. The lowest BCUT2D eigenvalue weighted by molar-refractivity contribution is -0.137. The van der Waals surface area contributed by atoms with Crippen LogP contribution in [0.25, 0.3) is 0 Å². The summed E-state index contributed by atoms with van der Waals surface area (Å²) in [5, 5.41) is 8.49. The number of rotatable bonds is 8. The first kappa shape index (κ1) is 12.5. The minimum absolute atomic E-state index is 0.337. The van der Waals surface area contributed by atoms with E-state index in [9.17, 15) is 4.79 Å². The van der Waals surface area contributed by atoms with Crippen molar-refractivity contribution in [2.24, 2.45) is 5.92 Å². The van der Waals surface area contributed by atoms with Crippen LogP contribution in [0.5, 0.6) is 0 Å². The minimum atomic E-state index is -0.660. The molecule has 2 heteroatoms. The third-order valence-corrected chi connectivity index (χ3v) is 2.40. The summed E-state index contributed by atoms with van der Waals surface area (Å²) in [5.74, 6) is 0.0982. The maximum atomic E-state index is 10.3. The molecule has 0 aromatic rings. The summed E-state index contributed by atoms with van der Waals surface area (Å²) in [7, 11) is 0. The number of carboxylic acid groups (broad SMARTS) is 1. The van der Waals surface area contributed by atoms with Crippen molar-refractivity contribution in [1.82, 2.24) is 0 Å². The van der Waals surface area contributed by atoms with Gasteiger partial charge in [-0.3, -0.25) is 4.79 Å². The molecule has 0 aromatic heterocycles. The quantitative estimate of drug-likeness (QED) is 0.630. The number of hydrogen-bond acceptors (Lipinski definition) is 1. The largest absolute Gasteiger partial charge is 0.481 e. The molecule has 78 valence electrons. The Bertz CT molecular complexity index is 126. The van der Waals surface area contributed by atoms with Crippen molar-refractivity contribution in [1.29, 1.82) is 0 Å². The Morgan fingerprint density at radius 1 is 1.15 bits per heavy atom. The molecule has 0 bridgehead atoms. The molecule has 0 saturated heterocycles. The number of aliphatic carboxylic acids is 1. The van der Waals surface area contributed by atoms with Crippen molar-refractivity contribution in [2.45, 2.75) is 58.8 Å². The molecule has 0 unspecified atom stereocenters. The summed E-state index contributed by atoms with van der Waals surface area (Å²) >= 11 is 0. The first-order valence-corrected chi connectivity index (χ1v) is 5.42. The van der Waals surface area contributed by atoms with Crippen LogP contribution in [0.2, 0.25) is 0 Å². The van der Waals surface area contributed by atoms with Crippen LogP contribution in [0, 0.1) is 5.92 Å². The molecule has 0 atom stereocenters. The predicted octanol–water partition coefficient (Wildman–Crippen LogP) is 3.46. The monoisotopic (exact) mass is 186 g/mol. The van der Waals surface area contributed by atoms with Gasteiger partial charge in [0.15, 0.2) is 0 Å². The van der Waals surface area contributed by atoms with Gasteiger partial charge in [0.25, 0.3) is 0 Å². The Morgan fingerprint density at radius 3 is 2.08 bits per heavy atom.